The van der Waals surface area contributed by atoms with Gasteiger partial charge in [0.05, 0.1) is 0 Å². The normalized spacial score (nSPS) is 12.1. The van der Waals surface area contributed by atoms with Gasteiger partial charge in [-0.1, -0.05) is 20.8 Å². The van der Waals surface area contributed by atoms with Crippen molar-refractivity contribution in [2.45, 2.75) is 26.2 Å². The fourth-order valence-corrected chi connectivity index (χ4v) is 2.15. The van der Waals surface area contributed by atoms with Gasteiger partial charge in [0, 0.05) is 21.3 Å². The van der Waals surface area contributed by atoms with Gasteiger partial charge >= 0.3 is 0 Å². The van der Waals surface area contributed by atoms with Crippen LogP contribution in [0.4, 0.5) is 0 Å². The Hall–Kier alpha value is 0.170. The third-order valence-electron chi connectivity index (χ3n) is 1.24. The first-order valence-electron chi connectivity index (χ1n) is 3.23. The van der Waals surface area contributed by atoms with E-state index in [-0.39, 0.29) is 5.41 Å². The summed E-state index contributed by atoms with van der Waals surface area (Å²) in [6, 6.07) is 0. The molecule has 1 rings (SSSR count). The topological polar surface area (TPSA) is 26.0 Å². The van der Waals surface area contributed by atoms with Crippen LogP contribution in [0.15, 0.2) is 13.8 Å². The average molecular weight is 283 g/mol. The van der Waals surface area contributed by atoms with Crippen LogP contribution in [0.1, 0.15) is 26.5 Å². The smallest absolute Gasteiger partial charge is 0.265 e. The zero-order valence-corrected chi connectivity index (χ0v) is 9.78. The van der Waals surface area contributed by atoms with Crippen LogP contribution in [-0.2, 0) is 5.41 Å². The van der Waals surface area contributed by atoms with Crippen molar-refractivity contribution in [1.82, 2.24) is 4.98 Å². The zero-order chi connectivity index (χ0) is 8.65. The molecule has 0 aliphatic rings. The molecule has 0 radical (unpaired) electrons. The average Bonchev–Trinajstić information content (AvgIpc) is 2.08. The minimum absolute atomic E-state index is 0.00213. The Balaban J connectivity index is 3.13. The molecule has 1 aromatic rings. The first kappa shape index (κ1) is 9.26. The molecule has 0 spiro atoms. The molecule has 0 amide bonds. The molecule has 0 atom stereocenters. The second-order valence-electron chi connectivity index (χ2n) is 3.34. The standard InChI is InChI=1S/C7H9Br2NO/c1-7(2,3)4-5(8)10-6(9)11-4/h1-3H3. The summed E-state index contributed by atoms with van der Waals surface area (Å²) in [4.78, 5) is 4.57. The summed E-state index contributed by atoms with van der Waals surface area (Å²) in [7, 11) is 0. The Bertz CT molecular complexity index is 262. The van der Waals surface area contributed by atoms with Gasteiger partial charge in [0.1, 0.15) is 10.4 Å². The lowest BCUT2D eigenvalue weighted by Gasteiger charge is -2.13. The molecule has 2 nitrogen and oxygen atoms in total. The van der Waals surface area contributed by atoms with E-state index in [4.69, 9.17) is 4.42 Å². The monoisotopic (exact) mass is 281 g/mol. The second kappa shape index (κ2) is 2.90. The van der Waals surface area contributed by atoms with E-state index in [0.717, 1.165) is 10.4 Å². The van der Waals surface area contributed by atoms with Crippen molar-refractivity contribution in [3.8, 4) is 0 Å². The summed E-state index contributed by atoms with van der Waals surface area (Å²) in [6.45, 7) is 6.22. The Morgan fingerprint density at radius 2 is 1.82 bits per heavy atom. The van der Waals surface area contributed by atoms with Crippen LogP contribution in [-0.4, -0.2) is 4.98 Å². The Kier molecular flexibility index (Phi) is 2.44. The van der Waals surface area contributed by atoms with Crippen molar-refractivity contribution in [3.63, 3.8) is 0 Å². The van der Waals surface area contributed by atoms with E-state index in [2.05, 4.69) is 57.6 Å². The predicted molar refractivity (Wildman–Crippen MR) is 50.6 cm³/mol. The summed E-state index contributed by atoms with van der Waals surface area (Å²) < 4.78 is 6.11. The maximum atomic E-state index is 5.34. The van der Waals surface area contributed by atoms with Crippen LogP contribution in [0.3, 0.4) is 0 Å². The molecule has 0 unspecified atom stereocenters. The van der Waals surface area contributed by atoms with Gasteiger partial charge < -0.3 is 4.42 Å². The Labute approximate surface area is 82.6 Å². The van der Waals surface area contributed by atoms with Crippen molar-refractivity contribution in [2.75, 3.05) is 0 Å². The first-order valence-corrected chi connectivity index (χ1v) is 4.82. The zero-order valence-electron chi connectivity index (χ0n) is 6.61. The Morgan fingerprint density at radius 3 is 2.00 bits per heavy atom. The molecule has 4 heteroatoms. The van der Waals surface area contributed by atoms with Crippen molar-refractivity contribution in [2.24, 2.45) is 0 Å². The van der Waals surface area contributed by atoms with Crippen molar-refractivity contribution in [1.29, 1.82) is 0 Å². The van der Waals surface area contributed by atoms with Gasteiger partial charge in [-0.3, -0.25) is 0 Å². The maximum absolute atomic E-state index is 5.34. The van der Waals surface area contributed by atoms with Crippen LogP contribution in [0.2, 0.25) is 0 Å². The first-order chi connectivity index (χ1) is 4.91. The molecule has 0 fully saturated rings. The molecule has 62 valence electrons. The SMILES string of the molecule is CC(C)(C)c1oc(Br)nc1Br. The molecular weight excluding hydrogens is 274 g/mol. The minimum Gasteiger partial charge on any atom is -0.434 e. The highest BCUT2D eigenvalue weighted by Crippen LogP contribution is 2.31. The maximum Gasteiger partial charge on any atom is 0.265 e. The van der Waals surface area contributed by atoms with E-state index in [1.165, 1.54) is 0 Å². The summed E-state index contributed by atoms with van der Waals surface area (Å²) in [5, 5.41) is 0. The molecule has 1 heterocycles. The summed E-state index contributed by atoms with van der Waals surface area (Å²) in [5.74, 6) is 0.865. The van der Waals surface area contributed by atoms with Crippen molar-refractivity contribution < 1.29 is 4.42 Å². The second-order valence-corrected chi connectivity index (χ2v) is 4.77. The molecule has 0 aliphatic heterocycles. The molecule has 0 saturated carbocycles. The molecule has 11 heavy (non-hydrogen) atoms. The van der Waals surface area contributed by atoms with Gasteiger partial charge in [-0.15, -0.1) is 0 Å². The third-order valence-corrected chi connectivity index (χ3v) is 2.12. The van der Waals surface area contributed by atoms with Gasteiger partial charge in [-0.05, 0) is 15.9 Å². The van der Waals surface area contributed by atoms with Crippen molar-refractivity contribution >= 4 is 31.9 Å². The van der Waals surface area contributed by atoms with Gasteiger partial charge in [0.2, 0.25) is 0 Å². The molecule has 0 bridgehead atoms. The summed E-state index contributed by atoms with van der Waals surface area (Å²) in [5.41, 5.74) is -0.00213. The molecule has 0 N–H and O–H groups in total. The molecule has 1 aromatic heterocycles. The largest absolute Gasteiger partial charge is 0.434 e. The molecule has 0 aromatic carbocycles. The lowest BCUT2D eigenvalue weighted by Crippen LogP contribution is -2.10. The number of oxazole rings is 1. The molecular formula is C7H9Br2NO. The van der Waals surface area contributed by atoms with Crippen LogP contribution in [0, 0.1) is 0 Å². The van der Waals surface area contributed by atoms with Crippen LogP contribution in [0.25, 0.3) is 0 Å². The van der Waals surface area contributed by atoms with Crippen LogP contribution in [0.5, 0.6) is 0 Å². The number of hydrogen-bond acceptors (Lipinski definition) is 2. The predicted octanol–water partition coefficient (Wildman–Crippen LogP) is 3.50. The third kappa shape index (κ3) is 2.06. The number of nitrogens with zero attached hydrogens (tertiary/aromatic N) is 1. The lowest BCUT2D eigenvalue weighted by atomic mass is 9.94. The highest BCUT2D eigenvalue weighted by atomic mass is 79.9. The number of aromatic nitrogens is 1. The van der Waals surface area contributed by atoms with Crippen LogP contribution >= 0.6 is 31.9 Å². The quantitative estimate of drug-likeness (QED) is 0.728. The summed E-state index contributed by atoms with van der Waals surface area (Å²) >= 11 is 6.49. The van der Waals surface area contributed by atoms with Crippen LogP contribution < -0.4 is 0 Å². The van der Waals surface area contributed by atoms with E-state index in [1.54, 1.807) is 0 Å². The highest BCUT2D eigenvalue weighted by Gasteiger charge is 2.23. The lowest BCUT2D eigenvalue weighted by molar-refractivity contribution is 0.392. The van der Waals surface area contributed by atoms with Gasteiger partial charge in [0.15, 0.2) is 0 Å². The van der Waals surface area contributed by atoms with E-state index >= 15 is 0 Å². The van der Waals surface area contributed by atoms with E-state index in [1.807, 2.05) is 0 Å². The van der Waals surface area contributed by atoms with Gasteiger partial charge in [0.25, 0.3) is 4.80 Å². The molecule has 0 aliphatic carbocycles. The van der Waals surface area contributed by atoms with Gasteiger partial charge in [-0.2, -0.15) is 4.98 Å². The minimum atomic E-state index is -0.00213. The van der Waals surface area contributed by atoms with E-state index in [0.29, 0.717) is 4.80 Å². The number of rotatable bonds is 0. The van der Waals surface area contributed by atoms with Crippen molar-refractivity contribution in [3.05, 3.63) is 15.2 Å². The van der Waals surface area contributed by atoms with E-state index < -0.39 is 0 Å². The molecule has 0 saturated heterocycles. The number of hydrogen-bond donors (Lipinski definition) is 0. The van der Waals surface area contributed by atoms with E-state index in [9.17, 15) is 0 Å². The summed E-state index contributed by atoms with van der Waals surface area (Å²) in [6.07, 6.45) is 0. The number of halogens is 2. The highest BCUT2D eigenvalue weighted by molar-refractivity contribution is 9.11. The fraction of sp³-hybridized carbons (Fsp3) is 0.571. The van der Waals surface area contributed by atoms with Gasteiger partial charge in [-0.25, -0.2) is 0 Å². The fourth-order valence-electron chi connectivity index (χ4n) is 0.740. The Morgan fingerprint density at radius 1 is 1.27 bits per heavy atom.